The Morgan fingerprint density at radius 1 is 0.600 bits per heavy atom. The van der Waals surface area contributed by atoms with Gasteiger partial charge in [-0.3, -0.25) is 19.2 Å². The summed E-state index contributed by atoms with van der Waals surface area (Å²) >= 11 is 0. The molecule has 0 aromatic heterocycles. The highest BCUT2D eigenvalue weighted by molar-refractivity contribution is 5.69. The van der Waals surface area contributed by atoms with Crippen molar-refractivity contribution >= 4 is 23.9 Å². The number of hydrogen-bond donors (Lipinski definition) is 0. The molecular formula is C16H22O9. The van der Waals surface area contributed by atoms with Gasteiger partial charge in [-0.15, -0.1) is 0 Å². The van der Waals surface area contributed by atoms with Crippen molar-refractivity contribution in [3.05, 3.63) is 0 Å². The molecule has 140 valence electrons. The second-order valence-electron chi connectivity index (χ2n) is 6.16. The predicted octanol–water partition coefficient (Wildman–Crippen LogP) is -0.0106. The number of rotatable bonds is 4. The van der Waals surface area contributed by atoms with E-state index in [0.29, 0.717) is 0 Å². The quantitative estimate of drug-likeness (QED) is 0.505. The van der Waals surface area contributed by atoms with E-state index in [2.05, 4.69) is 0 Å². The molecule has 1 saturated heterocycles. The molecule has 25 heavy (non-hydrogen) atoms. The molecule has 1 aliphatic heterocycles. The Bertz CT molecular complexity index is 510. The number of carbonyl (C=O) groups excluding carboxylic acids is 4. The van der Waals surface area contributed by atoms with Crippen LogP contribution >= 0.6 is 0 Å². The zero-order valence-electron chi connectivity index (χ0n) is 14.6. The van der Waals surface area contributed by atoms with E-state index in [-0.39, 0.29) is 25.0 Å². The van der Waals surface area contributed by atoms with E-state index < -0.39 is 48.3 Å². The number of hydrogen-bond acceptors (Lipinski definition) is 9. The summed E-state index contributed by atoms with van der Waals surface area (Å²) in [4.78, 5) is 46.2. The topological polar surface area (TPSA) is 114 Å². The first-order valence-electron chi connectivity index (χ1n) is 7.97. The van der Waals surface area contributed by atoms with Crippen molar-refractivity contribution in [3.8, 4) is 0 Å². The second kappa shape index (κ2) is 7.81. The van der Waals surface area contributed by atoms with Crippen LogP contribution in [0, 0.1) is 11.8 Å². The van der Waals surface area contributed by atoms with E-state index in [0.717, 1.165) is 0 Å². The van der Waals surface area contributed by atoms with Crippen LogP contribution in [-0.2, 0) is 42.9 Å². The standard InChI is InChI=1S/C16H22O9/c1-7(17)22-13-11-5-21-6-12(11)14(23-8(2)18)16(25-10(4)20)15(13)24-9(3)19/h11-16H,5-6H2,1-4H3/t11-,12+,13-,14-,15+,16+/m0/s1. The SMILES string of the molecule is CC(=O)O[C@H]1[C@H](OC(C)=O)[C@@H](OC(C)=O)[C@H]2COC[C@H]2[C@@H]1OC(C)=O. The Morgan fingerprint density at radius 2 is 0.880 bits per heavy atom. The Hall–Kier alpha value is -2.16. The van der Waals surface area contributed by atoms with Gasteiger partial charge in [-0.05, 0) is 0 Å². The van der Waals surface area contributed by atoms with Gasteiger partial charge in [0, 0.05) is 39.5 Å². The van der Waals surface area contributed by atoms with Crippen molar-refractivity contribution in [3.63, 3.8) is 0 Å². The molecule has 0 aromatic carbocycles. The normalized spacial score (nSPS) is 33.8. The Kier molecular flexibility index (Phi) is 5.99. The molecule has 2 rings (SSSR count). The Balaban J connectivity index is 2.43. The third-order valence-corrected chi connectivity index (χ3v) is 4.19. The van der Waals surface area contributed by atoms with Gasteiger partial charge < -0.3 is 23.7 Å². The summed E-state index contributed by atoms with van der Waals surface area (Å²) < 4.78 is 26.8. The highest BCUT2D eigenvalue weighted by Crippen LogP contribution is 2.41. The van der Waals surface area contributed by atoms with Gasteiger partial charge in [0.05, 0.1) is 13.2 Å². The first-order valence-corrected chi connectivity index (χ1v) is 7.97. The minimum Gasteiger partial charge on any atom is -0.458 e. The van der Waals surface area contributed by atoms with Crippen LogP contribution in [-0.4, -0.2) is 61.5 Å². The maximum Gasteiger partial charge on any atom is 0.303 e. The number of fused-ring (bicyclic) bond motifs is 1. The average Bonchev–Trinajstić information content (AvgIpc) is 2.93. The maximum atomic E-state index is 11.6. The van der Waals surface area contributed by atoms with Crippen molar-refractivity contribution in [2.45, 2.75) is 52.1 Å². The van der Waals surface area contributed by atoms with E-state index in [4.69, 9.17) is 23.7 Å². The van der Waals surface area contributed by atoms with Gasteiger partial charge in [0.15, 0.2) is 12.2 Å². The van der Waals surface area contributed by atoms with Crippen LogP contribution < -0.4 is 0 Å². The summed E-state index contributed by atoms with van der Waals surface area (Å²) in [7, 11) is 0. The second-order valence-corrected chi connectivity index (χ2v) is 6.16. The minimum atomic E-state index is -1.10. The van der Waals surface area contributed by atoms with Gasteiger partial charge in [0.2, 0.25) is 0 Å². The number of ether oxygens (including phenoxy) is 5. The largest absolute Gasteiger partial charge is 0.458 e. The van der Waals surface area contributed by atoms with Crippen LogP contribution in [0.3, 0.4) is 0 Å². The van der Waals surface area contributed by atoms with E-state index in [1.165, 1.54) is 27.7 Å². The molecule has 0 radical (unpaired) electrons. The van der Waals surface area contributed by atoms with Gasteiger partial charge in [-0.2, -0.15) is 0 Å². The van der Waals surface area contributed by atoms with Gasteiger partial charge in [-0.1, -0.05) is 0 Å². The zero-order valence-corrected chi connectivity index (χ0v) is 14.6. The maximum absolute atomic E-state index is 11.6. The summed E-state index contributed by atoms with van der Waals surface area (Å²) in [5.41, 5.74) is 0. The number of carbonyl (C=O) groups is 4. The lowest BCUT2D eigenvalue weighted by Gasteiger charge is -2.45. The van der Waals surface area contributed by atoms with E-state index in [1.807, 2.05) is 0 Å². The molecule has 9 heteroatoms. The predicted molar refractivity (Wildman–Crippen MR) is 80.0 cm³/mol. The lowest BCUT2D eigenvalue weighted by Crippen LogP contribution is -2.62. The fourth-order valence-corrected chi connectivity index (χ4v) is 3.47. The third kappa shape index (κ3) is 4.47. The first kappa shape index (κ1) is 19.2. The summed E-state index contributed by atoms with van der Waals surface area (Å²) in [6.07, 6.45) is -3.94. The van der Waals surface area contributed by atoms with Crippen LogP contribution in [0.2, 0.25) is 0 Å². The van der Waals surface area contributed by atoms with Gasteiger partial charge in [0.1, 0.15) is 12.2 Å². The number of esters is 4. The van der Waals surface area contributed by atoms with Gasteiger partial charge >= 0.3 is 23.9 Å². The first-order chi connectivity index (χ1) is 11.7. The van der Waals surface area contributed by atoms with Gasteiger partial charge in [-0.25, -0.2) is 0 Å². The van der Waals surface area contributed by atoms with E-state index in [9.17, 15) is 19.2 Å². The summed E-state index contributed by atoms with van der Waals surface area (Å²) in [6.45, 7) is 5.32. The molecule has 1 aliphatic carbocycles. The van der Waals surface area contributed by atoms with Crippen molar-refractivity contribution in [1.82, 2.24) is 0 Å². The van der Waals surface area contributed by atoms with Crippen LogP contribution in [0.4, 0.5) is 0 Å². The Morgan fingerprint density at radius 3 is 1.16 bits per heavy atom. The molecule has 2 aliphatic rings. The minimum absolute atomic E-state index is 0.241. The summed E-state index contributed by atoms with van der Waals surface area (Å²) in [5, 5.41) is 0. The fourth-order valence-electron chi connectivity index (χ4n) is 3.47. The monoisotopic (exact) mass is 358 g/mol. The zero-order chi connectivity index (χ0) is 18.7. The van der Waals surface area contributed by atoms with Gasteiger partial charge in [0.25, 0.3) is 0 Å². The molecule has 0 aromatic rings. The molecule has 0 unspecified atom stereocenters. The summed E-state index contributed by atoms with van der Waals surface area (Å²) in [6, 6.07) is 0. The third-order valence-electron chi connectivity index (χ3n) is 4.19. The fraction of sp³-hybridized carbons (Fsp3) is 0.750. The van der Waals surface area contributed by atoms with Crippen molar-refractivity contribution in [1.29, 1.82) is 0 Å². The molecule has 2 fully saturated rings. The smallest absolute Gasteiger partial charge is 0.303 e. The van der Waals surface area contributed by atoms with Crippen molar-refractivity contribution < 1.29 is 42.9 Å². The van der Waals surface area contributed by atoms with Crippen LogP contribution in [0.25, 0.3) is 0 Å². The van der Waals surface area contributed by atoms with E-state index >= 15 is 0 Å². The molecule has 1 saturated carbocycles. The van der Waals surface area contributed by atoms with E-state index in [1.54, 1.807) is 0 Å². The molecular weight excluding hydrogens is 336 g/mol. The average molecular weight is 358 g/mol. The highest BCUT2D eigenvalue weighted by atomic mass is 16.6. The molecule has 6 atom stereocenters. The van der Waals surface area contributed by atoms with Crippen LogP contribution in [0.1, 0.15) is 27.7 Å². The molecule has 0 spiro atoms. The molecule has 9 nitrogen and oxygen atoms in total. The molecule has 0 amide bonds. The van der Waals surface area contributed by atoms with Crippen molar-refractivity contribution in [2.24, 2.45) is 11.8 Å². The lowest BCUT2D eigenvalue weighted by molar-refractivity contribution is -0.225. The lowest BCUT2D eigenvalue weighted by atomic mass is 9.74. The molecule has 0 N–H and O–H groups in total. The van der Waals surface area contributed by atoms with Crippen molar-refractivity contribution in [2.75, 3.05) is 13.2 Å². The van der Waals surface area contributed by atoms with Crippen LogP contribution in [0.15, 0.2) is 0 Å². The highest BCUT2D eigenvalue weighted by Gasteiger charge is 2.59. The Labute approximate surface area is 144 Å². The van der Waals surface area contributed by atoms with Crippen LogP contribution in [0.5, 0.6) is 0 Å². The molecule has 0 bridgehead atoms. The summed E-state index contributed by atoms with van der Waals surface area (Å²) in [5.74, 6) is -3.13. The molecule has 1 heterocycles.